The Morgan fingerprint density at radius 3 is 2.53 bits per heavy atom. The third-order valence-electron chi connectivity index (χ3n) is 3.01. The molecule has 0 aliphatic heterocycles. The number of anilines is 1. The molecule has 1 aromatic heterocycles. The van der Waals surface area contributed by atoms with Crippen LogP contribution in [0.25, 0.3) is 0 Å². The first-order valence-corrected chi connectivity index (χ1v) is 6.15. The van der Waals surface area contributed by atoms with E-state index in [1.165, 1.54) is 0 Å². The average Bonchev–Trinajstić information content (AvgIpc) is 2.92. The highest BCUT2D eigenvalue weighted by Crippen LogP contribution is 2.14. The van der Waals surface area contributed by atoms with Gasteiger partial charge < -0.3 is 10.2 Å². The molecule has 1 atom stereocenters. The fourth-order valence-electron chi connectivity index (χ4n) is 1.77. The molecule has 1 unspecified atom stereocenters. The van der Waals surface area contributed by atoms with Crippen molar-refractivity contribution in [3.8, 4) is 0 Å². The maximum Gasteiger partial charge on any atom is 0.251 e. The molecule has 0 aliphatic rings. The molecule has 5 nitrogen and oxygen atoms in total. The molecular weight excluding hydrogens is 240 g/mol. The van der Waals surface area contributed by atoms with E-state index in [0.29, 0.717) is 5.56 Å². The third kappa shape index (κ3) is 3.13. The molecule has 2 rings (SSSR count). The van der Waals surface area contributed by atoms with Gasteiger partial charge in [-0.05, 0) is 31.2 Å². The van der Waals surface area contributed by atoms with Gasteiger partial charge in [0.2, 0.25) is 0 Å². The van der Waals surface area contributed by atoms with E-state index < -0.39 is 0 Å². The third-order valence-corrected chi connectivity index (χ3v) is 3.01. The van der Waals surface area contributed by atoms with Crippen molar-refractivity contribution >= 4 is 11.6 Å². The quantitative estimate of drug-likeness (QED) is 0.881. The second kappa shape index (κ2) is 5.56. The second-order valence-corrected chi connectivity index (χ2v) is 4.67. The summed E-state index contributed by atoms with van der Waals surface area (Å²) in [6.45, 7) is 1.93. The van der Waals surface area contributed by atoms with Crippen LogP contribution in [0.5, 0.6) is 0 Å². The molecule has 2 N–H and O–H groups in total. The SMILES string of the molecule is CC(NC(=O)c1ccc(N(C)C)cc1)c1cn[nH]c1. The number of hydrogen-bond donors (Lipinski definition) is 2. The summed E-state index contributed by atoms with van der Waals surface area (Å²) in [6.07, 6.45) is 3.49. The van der Waals surface area contributed by atoms with Gasteiger partial charge in [-0.3, -0.25) is 9.89 Å². The van der Waals surface area contributed by atoms with Crippen molar-refractivity contribution in [2.24, 2.45) is 0 Å². The normalized spacial score (nSPS) is 11.9. The van der Waals surface area contributed by atoms with E-state index in [-0.39, 0.29) is 11.9 Å². The molecule has 2 aromatic rings. The summed E-state index contributed by atoms with van der Waals surface area (Å²) < 4.78 is 0. The van der Waals surface area contributed by atoms with Crippen LogP contribution in [0, 0.1) is 0 Å². The summed E-state index contributed by atoms with van der Waals surface area (Å²) in [5.41, 5.74) is 2.68. The van der Waals surface area contributed by atoms with Gasteiger partial charge in [0.05, 0.1) is 12.2 Å². The minimum atomic E-state index is -0.0843. The van der Waals surface area contributed by atoms with Gasteiger partial charge in [0.1, 0.15) is 0 Å². The Morgan fingerprint density at radius 2 is 2.00 bits per heavy atom. The molecule has 1 amide bonds. The summed E-state index contributed by atoms with van der Waals surface area (Å²) in [4.78, 5) is 14.1. The molecule has 0 fully saturated rings. The number of benzene rings is 1. The molecule has 0 aliphatic carbocycles. The van der Waals surface area contributed by atoms with Gasteiger partial charge in [0.15, 0.2) is 0 Å². The lowest BCUT2D eigenvalue weighted by Crippen LogP contribution is -2.26. The highest BCUT2D eigenvalue weighted by Gasteiger charge is 2.12. The van der Waals surface area contributed by atoms with E-state index in [1.54, 1.807) is 12.4 Å². The van der Waals surface area contributed by atoms with Crippen LogP contribution in [-0.4, -0.2) is 30.2 Å². The van der Waals surface area contributed by atoms with Crippen LogP contribution in [0.2, 0.25) is 0 Å². The van der Waals surface area contributed by atoms with Gasteiger partial charge in [-0.2, -0.15) is 5.10 Å². The van der Waals surface area contributed by atoms with Crippen LogP contribution in [0.4, 0.5) is 5.69 Å². The van der Waals surface area contributed by atoms with Gasteiger partial charge in [0.25, 0.3) is 5.91 Å². The van der Waals surface area contributed by atoms with Gasteiger partial charge in [0, 0.05) is 37.1 Å². The Labute approximate surface area is 112 Å². The van der Waals surface area contributed by atoms with E-state index in [9.17, 15) is 4.79 Å². The van der Waals surface area contributed by atoms with E-state index in [0.717, 1.165) is 11.3 Å². The molecule has 0 saturated carbocycles. The Hall–Kier alpha value is -2.30. The number of nitrogens with zero attached hydrogens (tertiary/aromatic N) is 2. The van der Waals surface area contributed by atoms with Gasteiger partial charge >= 0.3 is 0 Å². The first-order chi connectivity index (χ1) is 9.08. The molecule has 1 aromatic carbocycles. The Morgan fingerprint density at radius 1 is 1.32 bits per heavy atom. The van der Waals surface area contributed by atoms with E-state index in [1.807, 2.05) is 50.2 Å². The maximum absolute atomic E-state index is 12.1. The van der Waals surface area contributed by atoms with Crippen LogP contribution in [0.1, 0.15) is 28.9 Å². The zero-order valence-corrected chi connectivity index (χ0v) is 11.3. The van der Waals surface area contributed by atoms with Crippen LogP contribution < -0.4 is 10.2 Å². The molecule has 0 radical (unpaired) electrons. The zero-order valence-electron chi connectivity index (χ0n) is 11.3. The Kier molecular flexibility index (Phi) is 3.85. The minimum absolute atomic E-state index is 0.0697. The minimum Gasteiger partial charge on any atom is -0.378 e. The molecule has 1 heterocycles. The summed E-state index contributed by atoms with van der Waals surface area (Å²) in [5.74, 6) is -0.0843. The van der Waals surface area contributed by atoms with E-state index in [2.05, 4.69) is 15.5 Å². The number of aromatic amines is 1. The lowest BCUT2D eigenvalue weighted by atomic mass is 10.1. The fraction of sp³-hybridized carbons (Fsp3) is 0.286. The molecule has 19 heavy (non-hydrogen) atoms. The number of aromatic nitrogens is 2. The molecule has 0 spiro atoms. The van der Waals surface area contributed by atoms with Crippen molar-refractivity contribution in [1.29, 1.82) is 0 Å². The lowest BCUT2D eigenvalue weighted by Gasteiger charge is -2.14. The van der Waals surface area contributed by atoms with Crippen LogP contribution in [-0.2, 0) is 0 Å². The molecular formula is C14H18N4O. The van der Waals surface area contributed by atoms with Gasteiger partial charge in [-0.1, -0.05) is 0 Å². The first-order valence-electron chi connectivity index (χ1n) is 6.15. The highest BCUT2D eigenvalue weighted by molar-refractivity contribution is 5.94. The first kappa shape index (κ1) is 13.1. The van der Waals surface area contributed by atoms with Gasteiger partial charge in [-0.15, -0.1) is 0 Å². The van der Waals surface area contributed by atoms with Crippen LogP contribution in [0.15, 0.2) is 36.7 Å². The molecule has 5 heteroatoms. The predicted octanol–water partition coefficient (Wildman–Crippen LogP) is 1.97. The number of H-pyrrole nitrogens is 1. The Bertz CT molecular complexity index is 531. The van der Waals surface area contributed by atoms with E-state index in [4.69, 9.17) is 0 Å². The van der Waals surface area contributed by atoms with Crippen molar-refractivity contribution in [3.63, 3.8) is 0 Å². The van der Waals surface area contributed by atoms with Crippen molar-refractivity contribution in [1.82, 2.24) is 15.5 Å². The molecule has 100 valence electrons. The smallest absolute Gasteiger partial charge is 0.251 e. The van der Waals surface area contributed by atoms with Crippen LogP contribution in [0.3, 0.4) is 0 Å². The topological polar surface area (TPSA) is 61.0 Å². The van der Waals surface area contributed by atoms with Crippen molar-refractivity contribution in [2.45, 2.75) is 13.0 Å². The molecule has 0 bridgehead atoms. The van der Waals surface area contributed by atoms with Crippen LogP contribution >= 0.6 is 0 Å². The predicted molar refractivity (Wildman–Crippen MR) is 75.2 cm³/mol. The summed E-state index contributed by atoms with van der Waals surface area (Å²) >= 11 is 0. The second-order valence-electron chi connectivity index (χ2n) is 4.67. The standard InChI is InChI=1S/C14H18N4O/c1-10(12-8-15-16-9-12)17-14(19)11-4-6-13(7-5-11)18(2)3/h4-10H,1-3H3,(H,15,16)(H,17,19). The zero-order chi connectivity index (χ0) is 13.8. The number of carbonyl (C=O) groups excluding carboxylic acids is 1. The number of hydrogen-bond acceptors (Lipinski definition) is 3. The number of amides is 1. The summed E-state index contributed by atoms with van der Waals surface area (Å²) in [5, 5.41) is 9.54. The average molecular weight is 258 g/mol. The highest BCUT2D eigenvalue weighted by atomic mass is 16.1. The van der Waals surface area contributed by atoms with E-state index >= 15 is 0 Å². The van der Waals surface area contributed by atoms with Crippen molar-refractivity contribution < 1.29 is 4.79 Å². The summed E-state index contributed by atoms with van der Waals surface area (Å²) in [6, 6.07) is 7.44. The Balaban J connectivity index is 2.03. The maximum atomic E-state index is 12.1. The van der Waals surface area contributed by atoms with Crippen molar-refractivity contribution in [3.05, 3.63) is 47.8 Å². The lowest BCUT2D eigenvalue weighted by molar-refractivity contribution is 0.0940. The largest absolute Gasteiger partial charge is 0.378 e. The fourth-order valence-corrected chi connectivity index (χ4v) is 1.77. The number of carbonyl (C=O) groups is 1. The van der Waals surface area contributed by atoms with Gasteiger partial charge in [-0.25, -0.2) is 0 Å². The molecule has 0 saturated heterocycles. The monoisotopic (exact) mass is 258 g/mol. The number of rotatable bonds is 4. The number of nitrogens with one attached hydrogen (secondary N) is 2. The summed E-state index contributed by atoms with van der Waals surface area (Å²) in [7, 11) is 3.94. The van der Waals surface area contributed by atoms with Crippen molar-refractivity contribution in [2.75, 3.05) is 19.0 Å².